The van der Waals surface area contributed by atoms with E-state index in [2.05, 4.69) is 5.32 Å². The Morgan fingerprint density at radius 1 is 1.00 bits per heavy atom. The van der Waals surface area contributed by atoms with Gasteiger partial charge in [0.1, 0.15) is 0 Å². The highest BCUT2D eigenvalue weighted by Gasteiger charge is 2.23. The molecule has 0 amide bonds. The highest BCUT2D eigenvalue weighted by Crippen LogP contribution is 2.18. The first-order valence-corrected chi connectivity index (χ1v) is 4.28. The summed E-state index contributed by atoms with van der Waals surface area (Å²) in [5.41, 5.74) is 0. The molecule has 0 aromatic carbocycles. The number of hydrogen-bond acceptors (Lipinski definition) is 2. The summed E-state index contributed by atoms with van der Waals surface area (Å²) >= 11 is 0. The molecule has 0 bridgehead atoms. The predicted molar refractivity (Wildman–Crippen MR) is 42.3 cm³/mol. The molecule has 1 heterocycles. The van der Waals surface area contributed by atoms with Gasteiger partial charge in [0.05, 0.1) is 0 Å². The lowest BCUT2D eigenvalue weighted by molar-refractivity contribution is 0.255. The predicted octanol–water partition coefficient (Wildman–Crippen LogP) is -0.113. The van der Waals surface area contributed by atoms with Crippen LogP contribution in [-0.2, 0) is 0 Å². The zero-order chi connectivity index (χ0) is 8.10. The third-order valence-corrected chi connectivity index (χ3v) is 2.18. The van der Waals surface area contributed by atoms with E-state index in [9.17, 15) is 0 Å². The Kier molecular flexibility index (Phi) is 3.83. The average molecular weight is 158 g/mol. The van der Waals surface area contributed by atoms with Crippen LogP contribution < -0.4 is 5.32 Å². The SMILES string of the molecule is OCCC1CCC(CCO)[N]1. The standard InChI is InChI=1S/C8H16NO2/c10-5-3-7-1-2-8(9-7)4-6-11/h7-8,10-11H,1-6H2. The van der Waals surface area contributed by atoms with E-state index in [0.29, 0.717) is 12.1 Å². The summed E-state index contributed by atoms with van der Waals surface area (Å²) in [6.45, 7) is 0.472. The van der Waals surface area contributed by atoms with Gasteiger partial charge >= 0.3 is 0 Å². The van der Waals surface area contributed by atoms with Crippen LogP contribution in [0.25, 0.3) is 0 Å². The summed E-state index contributed by atoms with van der Waals surface area (Å²) < 4.78 is 0. The first-order valence-electron chi connectivity index (χ1n) is 4.28. The number of hydrogen-bond donors (Lipinski definition) is 2. The molecular formula is C8H16NO2. The highest BCUT2D eigenvalue weighted by molar-refractivity contribution is 4.82. The Hall–Kier alpha value is -0.120. The van der Waals surface area contributed by atoms with Crippen molar-refractivity contribution >= 4 is 0 Å². The van der Waals surface area contributed by atoms with Crippen LogP contribution in [0.3, 0.4) is 0 Å². The van der Waals surface area contributed by atoms with E-state index in [1.165, 1.54) is 0 Å². The molecule has 2 N–H and O–H groups in total. The number of aliphatic hydroxyl groups excluding tert-OH is 2. The minimum atomic E-state index is 0.236. The molecule has 0 aliphatic carbocycles. The molecule has 1 aliphatic rings. The zero-order valence-corrected chi connectivity index (χ0v) is 6.74. The molecule has 65 valence electrons. The number of aliphatic hydroxyl groups is 2. The van der Waals surface area contributed by atoms with Crippen molar-refractivity contribution in [2.24, 2.45) is 0 Å². The largest absolute Gasteiger partial charge is 0.396 e. The van der Waals surface area contributed by atoms with E-state index in [1.807, 2.05) is 0 Å². The second-order valence-corrected chi connectivity index (χ2v) is 3.06. The van der Waals surface area contributed by atoms with Gasteiger partial charge in [-0.05, 0) is 25.7 Å². The van der Waals surface area contributed by atoms with Crippen molar-refractivity contribution in [2.75, 3.05) is 13.2 Å². The maximum Gasteiger partial charge on any atom is 0.0446 e. The molecule has 3 heteroatoms. The first-order chi connectivity index (χ1) is 5.36. The molecule has 0 aromatic rings. The third-order valence-electron chi connectivity index (χ3n) is 2.18. The molecule has 1 aliphatic heterocycles. The van der Waals surface area contributed by atoms with Crippen LogP contribution >= 0.6 is 0 Å². The maximum atomic E-state index is 8.63. The molecule has 2 unspecified atom stereocenters. The second-order valence-electron chi connectivity index (χ2n) is 3.06. The van der Waals surface area contributed by atoms with E-state index < -0.39 is 0 Å². The van der Waals surface area contributed by atoms with Gasteiger partial charge in [-0.2, -0.15) is 0 Å². The van der Waals surface area contributed by atoms with E-state index in [0.717, 1.165) is 25.7 Å². The summed E-state index contributed by atoms with van der Waals surface area (Å²) in [5, 5.41) is 21.7. The van der Waals surface area contributed by atoms with Gasteiger partial charge in [0.15, 0.2) is 0 Å². The fourth-order valence-electron chi connectivity index (χ4n) is 1.57. The minimum Gasteiger partial charge on any atom is -0.396 e. The van der Waals surface area contributed by atoms with E-state index in [4.69, 9.17) is 10.2 Å². The van der Waals surface area contributed by atoms with Gasteiger partial charge in [-0.3, -0.25) is 0 Å². The average Bonchev–Trinajstić information content (AvgIpc) is 2.38. The van der Waals surface area contributed by atoms with Crippen molar-refractivity contribution in [3.8, 4) is 0 Å². The normalized spacial score (nSPS) is 31.1. The second kappa shape index (κ2) is 4.70. The monoisotopic (exact) mass is 158 g/mol. The van der Waals surface area contributed by atoms with Crippen molar-refractivity contribution in [1.82, 2.24) is 5.32 Å². The van der Waals surface area contributed by atoms with Gasteiger partial charge in [0.2, 0.25) is 0 Å². The summed E-state index contributed by atoms with van der Waals surface area (Å²) in [5.74, 6) is 0. The first kappa shape index (κ1) is 8.97. The van der Waals surface area contributed by atoms with Crippen LogP contribution in [0.15, 0.2) is 0 Å². The Morgan fingerprint density at radius 3 is 1.82 bits per heavy atom. The lowest BCUT2D eigenvalue weighted by Gasteiger charge is -2.08. The number of nitrogens with zero attached hydrogens (tertiary/aromatic N) is 1. The van der Waals surface area contributed by atoms with Crippen LogP contribution in [0.1, 0.15) is 25.7 Å². The summed E-state index contributed by atoms with van der Waals surface area (Å²) in [7, 11) is 0. The lowest BCUT2D eigenvalue weighted by atomic mass is 10.1. The van der Waals surface area contributed by atoms with Gasteiger partial charge in [-0.25, -0.2) is 5.32 Å². The molecule has 11 heavy (non-hydrogen) atoms. The van der Waals surface area contributed by atoms with Crippen molar-refractivity contribution in [1.29, 1.82) is 0 Å². The van der Waals surface area contributed by atoms with E-state index in [-0.39, 0.29) is 13.2 Å². The van der Waals surface area contributed by atoms with Crippen molar-refractivity contribution in [2.45, 2.75) is 37.8 Å². The molecule has 0 spiro atoms. The molecule has 1 radical (unpaired) electrons. The summed E-state index contributed by atoms with van der Waals surface area (Å²) in [6, 6.07) is 0.716. The van der Waals surface area contributed by atoms with Crippen LogP contribution in [0.4, 0.5) is 0 Å². The fourth-order valence-corrected chi connectivity index (χ4v) is 1.57. The third kappa shape index (κ3) is 2.77. The van der Waals surface area contributed by atoms with E-state index >= 15 is 0 Å². The molecular weight excluding hydrogens is 142 g/mol. The van der Waals surface area contributed by atoms with Crippen LogP contribution in [0.5, 0.6) is 0 Å². The van der Waals surface area contributed by atoms with Gasteiger partial charge in [0, 0.05) is 25.3 Å². The topological polar surface area (TPSA) is 54.6 Å². The molecule has 3 nitrogen and oxygen atoms in total. The molecule has 0 saturated carbocycles. The Morgan fingerprint density at radius 2 is 1.45 bits per heavy atom. The van der Waals surface area contributed by atoms with Crippen molar-refractivity contribution in [3.05, 3.63) is 0 Å². The molecule has 0 aromatic heterocycles. The molecule has 1 fully saturated rings. The zero-order valence-electron chi connectivity index (χ0n) is 6.74. The van der Waals surface area contributed by atoms with Gasteiger partial charge in [0.25, 0.3) is 0 Å². The quantitative estimate of drug-likeness (QED) is 0.599. The van der Waals surface area contributed by atoms with Crippen LogP contribution in [0, 0.1) is 0 Å². The molecule has 1 saturated heterocycles. The summed E-state index contributed by atoms with van der Waals surface area (Å²) in [4.78, 5) is 0. The highest BCUT2D eigenvalue weighted by atomic mass is 16.3. The van der Waals surface area contributed by atoms with Gasteiger partial charge in [-0.1, -0.05) is 0 Å². The maximum absolute atomic E-state index is 8.63. The molecule has 1 rings (SSSR count). The fraction of sp³-hybridized carbons (Fsp3) is 1.00. The summed E-state index contributed by atoms with van der Waals surface area (Å²) in [6.07, 6.45) is 3.76. The Labute approximate surface area is 67.4 Å². The lowest BCUT2D eigenvalue weighted by Crippen LogP contribution is -2.23. The minimum absolute atomic E-state index is 0.236. The van der Waals surface area contributed by atoms with Crippen LogP contribution in [-0.4, -0.2) is 35.5 Å². The van der Waals surface area contributed by atoms with Gasteiger partial charge in [-0.15, -0.1) is 0 Å². The van der Waals surface area contributed by atoms with E-state index in [1.54, 1.807) is 0 Å². The Bertz CT molecular complexity index is 96.3. The number of rotatable bonds is 4. The Balaban J connectivity index is 2.12. The smallest absolute Gasteiger partial charge is 0.0446 e. The van der Waals surface area contributed by atoms with Crippen molar-refractivity contribution < 1.29 is 10.2 Å². The molecule has 2 atom stereocenters. The van der Waals surface area contributed by atoms with Crippen LogP contribution in [0.2, 0.25) is 0 Å². The van der Waals surface area contributed by atoms with Crippen molar-refractivity contribution in [3.63, 3.8) is 0 Å². The van der Waals surface area contributed by atoms with Gasteiger partial charge < -0.3 is 10.2 Å².